The topological polar surface area (TPSA) is 80.2 Å². The normalized spacial score (nSPS) is 10.8. The Morgan fingerprint density at radius 1 is 1.08 bits per heavy atom. The second kappa shape index (κ2) is 7.57. The first kappa shape index (κ1) is 17.3. The fourth-order valence-corrected chi connectivity index (χ4v) is 2.58. The fourth-order valence-electron chi connectivity index (χ4n) is 2.58. The minimum atomic E-state index is -0.503. The molecule has 0 aliphatic carbocycles. The van der Waals surface area contributed by atoms with Crippen molar-refractivity contribution in [2.45, 2.75) is 0 Å². The molecule has 0 bridgehead atoms. The molecule has 0 saturated heterocycles. The van der Waals surface area contributed by atoms with Gasteiger partial charge in [0.15, 0.2) is 0 Å². The minimum absolute atomic E-state index is 0.0715. The quantitative estimate of drug-likeness (QED) is 0.546. The van der Waals surface area contributed by atoms with Crippen molar-refractivity contribution in [2.75, 3.05) is 14.2 Å². The van der Waals surface area contributed by atoms with Crippen molar-refractivity contribution in [3.63, 3.8) is 0 Å². The third kappa shape index (κ3) is 3.44. The summed E-state index contributed by atoms with van der Waals surface area (Å²) in [5.74, 6) is 0.648. The first-order chi connectivity index (χ1) is 12.6. The van der Waals surface area contributed by atoms with Crippen LogP contribution >= 0.6 is 0 Å². The van der Waals surface area contributed by atoms with Gasteiger partial charge in [0.1, 0.15) is 17.2 Å². The van der Waals surface area contributed by atoms with Gasteiger partial charge in [0.25, 0.3) is 5.91 Å². The SMILES string of the molecule is COc1ccc(/C=N/NC(=O)c2ccc3ccccc3c2O)c(OC)c1. The molecule has 2 N–H and O–H groups in total. The van der Waals surface area contributed by atoms with Gasteiger partial charge in [0, 0.05) is 17.0 Å². The van der Waals surface area contributed by atoms with Crippen LogP contribution in [-0.4, -0.2) is 31.4 Å². The third-order valence-corrected chi connectivity index (χ3v) is 3.96. The van der Waals surface area contributed by atoms with Crippen molar-refractivity contribution in [1.29, 1.82) is 0 Å². The number of aromatic hydroxyl groups is 1. The van der Waals surface area contributed by atoms with Gasteiger partial charge in [-0.2, -0.15) is 5.10 Å². The number of methoxy groups -OCH3 is 2. The molecule has 0 aromatic heterocycles. The molecule has 0 heterocycles. The van der Waals surface area contributed by atoms with Gasteiger partial charge < -0.3 is 14.6 Å². The number of fused-ring (bicyclic) bond motifs is 1. The molecule has 0 aliphatic heterocycles. The van der Waals surface area contributed by atoms with Crippen molar-refractivity contribution >= 4 is 22.9 Å². The van der Waals surface area contributed by atoms with Gasteiger partial charge >= 0.3 is 0 Å². The van der Waals surface area contributed by atoms with Gasteiger partial charge in [-0.1, -0.05) is 30.3 Å². The summed E-state index contributed by atoms with van der Waals surface area (Å²) in [6.45, 7) is 0. The number of hydrogen-bond acceptors (Lipinski definition) is 5. The van der Waals surface area contributed by atoms with Gasteiger partial charge in [-0.15, -0.1) is 0 Å². The van der Waals surface area contributed by atoms with E-state index in [0.29, 0.717) is 22.4 Å². The van der Waals surface area contributed by atoms with E-state index < -0.39 is 5.91 Å². The Morgan fingerprint density at radius 2 is 1.88 bits per heavy atom. The van der Waals surface area contributed by atoms with Crippen molar-refractivity contribution in [3.05, 3.63) is 65.7 Å². The van der Waals surface area contributed by atoms with Crippen molar-refractivity contribution in [2.24, 2.45) is 5.10 Å². The number of phenols is 1. The average molecular weight is 350 g/mol. The predicted molar refractivity (Wildman–Crippen MR) is 100 cm³/mol. The number of phenolic OH excluding ortho intramolecular Hbond substituents is 1. The molecule has 0 spiro atoms. The average Bonchev–Trinajstić information content (AvgIpc) is 2.68. The van der Waals surface area contributed by atoms with Crippen LogP contribution in [0.2, 0.25) is 0 Å². The molecule has 0 unspecified atom stereocenters. The van der Waals surface area contributed by atoms with Crippen LogP contribution in [0.4, 0.5) is 0 Å². The van der Waals surface area contributed by atoms with Crippen LogP contribution in [0, 0.1) is 0 Å². The molecule has 3 aromatic carbocycles. The summed E-state index contributed by atoms with van der Waals surface area (Å²) in [6.07, 6.45) is 1.47. The number of ether oxygens (including phenoxy) is 2. The van der Waals surface area contributed by atoms with Crippen LogP contribution in [-0.2, 0) is 0 Å². The molecule has 0 saturated carbocycles. The molecular formula is C20H18N2O4. The maximum absolute atomic E-state index is 12.3. The zero-order chi connectivity index (χ0) is 18.5. The molecule has 6 heteroatoms. The predicted octanol–water partition coefficient (Wildman–Crippen LogP) is 3.33. The maximum Gasteiger partial charge on any atom is 0.275 e. The molecule has 26 heavy (non-hydrogen) atoms. The van der Waals surface area contributed by atoms with E-state index in [1.54, 1.807) is 49.6 Å². The number of rotatable bonds is 5. The fraction of sp³-hybridized carbons (Fsp3) is 0.100. The van der Waals surface area contributed by atoms with Gasteiger partial charge in [0.05, 0.1) is 26.0 Å². The molecule has 3 rings (SSSR count). The Labute approximate surface area is 150 Å². The Kier molecular flexibility index (Phi) is 5.03. The standard InChI is InChI=1S/C20H18N2O4/c1-25-15-9-7-14(18(11-15)26-2)12-21-22-20(24)17-10-8-13-5-3-4-6-16(13)19(17)23/h3-12,23H,1-2H3,(H,22,24)/b21-12+. The molecule has 1 amide bonds. The highest BCUT2D eigenvalue weighted by Crippen LogP contribution is 2.28. The summed E-state index contributed by atoms with van der Waals surface area (Å²) in [7, 11) is 3.11. The van der Waals surface area contributed by atoms with Crippen molar-refractivity contribution in [1.82, 2.24) is 5.43 Å². The second-order valence-electron chi connectivity index (χ2n) is 5.49. The van der Waals surface area contributed by atoms with Crippen molar-refractivity contribution in [3.8, 4) is 17.2 Å². The summed E-state index contributed by atoms with van der Waals surface area (Å²) < 4.78 is 10.4. The van der Waals surface area contributed by atoms with E-state index in [1.807, 2.05) is 12.1 Å². The number of nitrogens with zero attached hydrogens (tertiary/aromatic N) is 1. The van der Waals surface area contributed by atoms with Gasteiger partial charge in [-0.3, -0.25) is 4.79 Å². The van der Waals surface area contributed by atoms with E-state index >= 15 is 0 Å². The van der Waals surface area contributed by atoms with E-state index in [0.717, 1.165) is 5.39 Å². The molecule has 6 nitrogen and oxygen atoms in total. The summed E-state index contributed by atoms with van der Waals surface area (Å²) in [5.41, 5.74) is 3.25. The lowest BCUT2D eigenvalue weighted by atomic mass is 10.1. The Bertz CT molecular complexity index is 983. The molecule has 3 aromatic rings. The van der Waals surface area contributed by atoms with E-state index in [9.17, 15) is 9.90 Å². The van der Waals surface area contributed by atoms with Crippen LogP contribution in [0.1, 0.15) is 15.9 Å². The monoisotopic (exact) mass is 350 g/mol. The van der Waals surface area contributed by atoms with Gasteiger partial charge in [-0.25, -0.2) is 5.43 Å². The number of carbonyl (C=O) groups excluding carboxylic acids is 1. The Morgan fingerprint density at radius 3 is 2.65 bits per heavy atom. The number of nitrogens with one attached hydrogen (secondary N) is 1. The van der Waals surface area contributed by atoms with E-state index in [2.05, 4.69) is 10.5 Å². The first-order valence-corrected chi connectivity index (χ1v) is 7.90. The van der Waals surface area contributed by atoms with Crippen LogP contribution in [0.5, 0.6) is 17.2 Å². The Hall–Kier alpha value is -3.54. The lowest BCUT2D eigenvalue weighted by Crippen LogP contribution is -2.17. The van der Waals surface area contributed by atoms with Gasteiger partial charge in [0.2, 0.25) is 0 Å². The van der Waals surface area contributed by atoms with E-state index in [-0.39, 0.29) is 11.3 Å². The number of hydrazone groups is 1. The Balaban J connectivity index is 1.79. The summed E-state index contributed by atoms with van der Waals surface area (Å²) in [4.78, 5) is 12.3. The van der Waals surface area contributed by atoms with E-state index in [4.69, 9.17) is 9.47 Å². The van der Waals surface area contributed by atoms with Crippen molar-refractivity contribution < 1.29 is 19.4 Å². The largest absolute Gasteiger partial charge is 0.506 e. The molecule has 0 fully saturated rings. The second-order valence-corrected chi connectivity index (χ2v) is 5.49. The zero-order valence-corrected chi connectivity index (χ0v) is 14.4. The molecule has 132 valence electrons. The summed E-state index contributed by atoms with van der Waals surface area (Å²) >= 11 is 0. The highest BCUT2D eigenvalue weighted by molar-refractivity contribution is 6.03. The number of amides is 1. The number of carbonyl (C=O) groups is 1. The summed E-state index contributed by atoms with van der Waals surface area (Å²) in [6, 6.07) is 15.9. The summed E-state index contributed by atoms with van der Waals surface area (Å²) in [5, 5.41) is 15.7. The highest BCUT2D eigenvalue weighted by atomic mass is 16.5. The molecule has 0 atom stereocenters. The first-order valence-electron chi connectivity index (χ1n) is 7.90. The number of benzene rings is 3. The van der Waals surface area contributed by atoms with Crippen LogP contribution in [0.25, 0.3) is 10.8 Å². The highest BCUT2D eigenvalue weighted by Gasteiger charge is 2.13. The molecular weight excluding hydrogens is 332 g/mol. The minimum Gasteiger partial charge on any atom is -0.506 e. The number of hydrogen-bond donors (Lipinski definition) is 2. The third-order valence-electron chi connectivity index (χ3n) is 3.96. The molecule has 0 radical (unpaired) electrons. The molecule has 0 aliphatic rings. The van der Waals surface area contributed by atoms with Gasteiger partial charge in [-0.05, 0) is 23.6 Å². The lowest BCUT2D eigenvalue weighted by Gasteiger charge is -2.08. The lowest BCUT2D eigenvalue weighted by molar-refractivity contribution is 0.0952. The maximum atomic E-state index is 12.3. The smallest absolute Gasteiger partial charge is 0.275 e. The van der Waals surface area contributed by atoms with Crippen LogP contribution < -0.4 is 14.9 Å². The van der Waals surface area contributed by atoms with Crippen LogP contribution in [0.15, 0.2) is 59.7 Å². The zero-order valence-electron chi connectivity index (χ0n) is 14.4. The van der Waals surface area contributed by atoms with E-state index in [1.165, 1.54) is 13.3 Å². The van der Waals surface area contributed by atoms with Crippen LogP contribution in [0.3, 0.4) is 0 Å².